The van der Waals surface area contributed by atoms with Crippen molar-refractivity contribution in [3.8, 4) is 11.5 Å². The first kappa shape index (κ1) is 15.1. The molecule has 1 N–H and O–H groups in total. The van der Waals surface area contributed by atoms with Gasteiger partial charge in [0.25, 0.3) is 0 Å². The summed E-state index contributed by atoms with van der Waals surface area (Å²) >= 11 is 0. The first-order valence-corrected chi connectivity index (χ1v) is 7.54. The fraction of sp³-hybridized carbons (Fsp3) is 0.0556. The van der Waals surface area contributed by atoms with Gasteiger partial charge in [-0.25, -0.2) is 9.07 Å². The minimum atomic E-state index is -0.354. The number of benzene rings is 1. The molecule has 0 aliphatic rings. The summed E-state index contributed by atoms with van der Waals surface area (Å²) in [5.41, 5.74) is 1.07. The van der Waals surface area contributed by atoms with Gasteiger partial charge in [0.05, 0.1) is 6.54 Å². The number of furan rings is 1. The van der Waals surface area contributed by atoms with Crippen LogP contribution in [0.2, 0.25) is 0 Å². The van der Waals surface area contributed by atoms with E-state index in [1.807, 2.05) is 0 Å². The summed E-state index contributed by atoms with van der Waals surface area (Å²) in [4.78, 5) is 25.3. The van der Waals surface area contributed by atoms with Crippen LogP contribution in [0.5, 0.6) is 0 Å². The molecule has 3 aromatic heterocycles. The Morgan fingerprint density at radius 2 is 2.00 bits per heavy atom. The van der Waals surface area contributed by atoms with Gasteiger partial charge in [0.15, 0.2) is 17.8 Å². The Morgan fingerprint density at radius 1 is 1.16 bits per heavy atom. The maximum absolute atomic E-state index is 14.0. The minimum absolute atomic E-state index is 0.143. The Morgan fingerprint density at radius 3 is 2.76 bits per heavy atom. The quantitative estimate of drug-likeness (QED) is 0.581. The molecule has 0 amide bonds. The molecule has 0 unspecified atom stereocenters. The van der Waals surface area contributed by atoms with Crippen LogP contribution in [0.1, 0.15) is 16.1 Å². The topological polar surface area (TPSA) is 80.9 Å². The second-order valence-electron chi connectivity index (χ2n) is 5.50. The lowest BCUT2D eigenvalue weighted by molar-refractivity contribution is 0.110. The van der Waals surface area contributed by atoms with Crippen molar-refractivity contribution >= 4 is 17.3 Å². The van der Waals surface area contributed by atoms with Gasteiger partial charge in [-0.3, -0.25) is 9.59 Å². The van der Waals surface area contributed by atoms with Crippen LogP contribution in [0.4, 0.5) is 4.39 Å². The molecule has 0 aliphatic carbocycles. The number of aromatic nitrogens is 3. The molecule has 0 fully saturated rings. The molecule has 0 saturated carbocycles. The number of H-pyrrole nitrogens is 1. The summed E-state index contributed by atoms with van der Waals surface area (Å²) in [5.74, 6) is 0.217. The van der Waals surface area contributed by atoms with E-state index in [1.165, 1.54) is 22.9 Å². The van der Waals surface area contributed by atoms with Gasteiger partial charge in [-0.15, -0.1) is 0 Å². The zero-order valence-corrected chi connectivity index (χ0v) is 12.9. The highest BCUT2D eigenvalue weighted by molar-refractivity contribution is 5.90. The number of rotatable bonds is 4. The second-order valence-corrected chi connectivity index (χ2v) is 5.50. The smallest absolute Gasteiger partial charge is 0.249 e. The van der Waals surface area contributed by atoms with Crippen molar-refractivity contribution in [3.05, 3.63) is 76.0 Å². The highest BCUT2D eigenvalue weighted by Crippen LogP contribution is 2.28. The molecule has 4 rings (SSSR count). The maximum atomic E-state index is 14.0. The first-order valence-electron chi connectivity index (χ1n) is 7.54. The van der Waals surface area contributed by atoms with E-state index in [0.29, 0.717) is 34.3 Å². The van der Waals surface area contributed by atoms with Crippen molar-refractivity contribution in [3.63, 3.8) is 0 Å². The van der Waals surface area contributed by atoms with Gasteiger partial charge in [-0.2, -0.15) is 5.10 Å². The molecule has 3 heterocycles. The van der Waals surface area contributed by atoms with Crippen LogP contribution < -0.4 is 5.56 Å². The molecular formula is C18H12FN3O3. The van der Waals surface area contributed by atoms with Gasteiger partial charge in [0.2, 0.25) is 5.56 Å². The Labute approximate surface area is 140 Å². The molecule has 0 radical (unpaired) electrons. The lowest BCUT2D eigenvalue weighted by Crippen LogP contribution is -2.09. The van der Waals surface area contributed by atoms with Crippen molar-refractivity contribution in [2.45, 2.75) is 6.54 Å². The van der Waals surface area contributed by atoms with Crippen molar-refractivity contribution in [2.24, 2.45) is 0 Å². The average molecular weight is 337 g/mol. The van der Waals surface area contributed by atoms with E-state index < -0.39 is 0 Å². The lowest BCUT2D eigenvalue weighted by Gasteiger charge is -2.04. The van der Waals surface area contributed by atoms with E-state index in [4.69, 9.17) is 4.42 Å². The average Bonchev–Trinajstić information content (AvgIpc) is 3.21. The normalized spacial score (nSPS) is 11.1. The van der Waals surface area contributed by atoms with Gasteiger partial charge in [-0.1, -0.05) is 18.2 Å². The molecule has 6 nitrogen and oxygen atoms in total. The van der Waals surface area contributed by atoms with Crippen LogP contribution in [0, 0.1) is 5.82 Å². The van der Waals surface area contributed by atoms with Crippen LogP contribution in [0.15, 0.2) is 57.7 Å². The second kappa shape index (κ2) is 5.86. The van der Waals surface area contributed by atoms with Crippen LogP contribution >= 0.6 is 0 Å². The Bertz CT molecular complexity index is 1140. The number of nitrogens with one attached hydrogen (secondary N) is 1. The third-order valence-corrected chi connectivity index (χ3v) is 3.89. The van der Waals surface area contributed by atoms with E-state index in [9.17, 15) is 14.0 Å². The fourth-order valence-corrected chi connectivity index (χ4v) is 2.71. The number of carbonyl (C=O) groups excluding carboxylic acids is 1. The van der Waals surface area contributed by atoms with Gasteiger partial charge in [-0.05, 0) is 24.3 Å². The Kier molecular flexibility index (Phi) is 3.53. The standard InChI is InChI=1S/C18H12FN3O3/c19-14-4-2-1-3-11(14)9-22-18-13(6-8-16(24)20-18)17(21-22)15-7-5-12(10-23)25-15/h1-8,10H,9H2,(H,20,24). The molecule has 0 bridgehead atoms. The maximum Gasteiger partial charge on any atom is 0.249 e. The van der Waals surface area contributed by atoms with Crippen molar-refractivity contribution in [1.29, 1.82) is 0 Å². The predicted molar refractivity (Wildman–Crippen MR) is 88.9 cm³/mol. The summed E-state index contributed by atoms with van der Waals surface area (Å²) in [7, 11) is 0. The molecule has 0 saturated heterocycles. The highest BCUT2D eigenvalue weighted by atomic mass is 19.1. The fourth-order valence-electron chi connectivity index (χ4n) is 2.71. The highest BCUT2D eigenvalue weighted by Gasteiger charge is 2.17. The third-order valence-electron chi connectivity index (χ3n) is 3.89. The third kappa shape index (κ3) is 2.65. The van der Waals surface area contributed by atoms with E-state index in [0.717, 1.165) is 0 Å². The monoisotopic (exact) mass is 337 g/mol. The number of hydrogen-bond acceptors (Lipinski definition) is 4. The van der Waals surface area contributed by atoms with Crippen LogP contribution in [0.25, 0.3) is 22.5 Å². The molecule has 0 aliphatic heterocycles. The molecule has 0 atom stereocenters. The number of halogens is 1. The minimum Gasteiger partial charge on any atom is -0.452 e. The Hall–Kier alpha value is -3.48. The van der Waals surface area contributed by atoms with Gasteiger partial charge in [0, 0.05) is 17.0 Å². The number of fused-ring (bicyclic) bond motifs is 1. The number of aldehydes is 1. The van der Waals surface area contributed by atoms with E-state index in [-0.39, 0.29) is 23.7 Å². The van der Waals surface area contributed by atoms with Gasteiger partial charge >= 0.3 is 0 Å². The Balaban J connectivity index is 1.89. The molecule has 1 aromatic carbocycles. The predicted octanol–water partition coefficient (Wildman–Crippen LogP) is 2.98. The number of carbonyl (C=O) groups is 1. The number of pyridine rings is 1. The summed E-state index contributed by atoms with van der Waals surface area (Å²) in [6.45, 7) is 0.143. The summed E-state index contributed by atoms with van der Waals surface area (Å²) in [6.07, 6.45) is 0.601. The summed E-state index contributed by atoms with van der Waals surface area (Å²) < 4.78 is 20.9. The van der Waals surface area contributed by atoms with Crippen molar-refractivity contribution in [2.75, 3.05) is 0 Å². The SMILES string of the molecule is O=Cc1ccc(-c2nn(Cc3ccccc3F)c3[nH]c(=O)ccc23)o1. The first-order chi connectivity index (χ1) is 12.2. The number of nitrogens with zero attached hydrogens (tertiary/aromatic N) is 2. The van der Waals surface area contributed by atoms with E-state index in [1.54, 1.807) is 30.3 Å². The molecule has 124 valence electrons. The van der Waals surface area contributed by atoms with Gasteiger partial charge < -0.3 is 9.40 Å². The molecule has 7 heteroatoms. The summed E-state index contributed by atoms with van der Waals surface area (Å²) in [5, 5.41) is 5.10. The van der Waals surface area contributed by atoms with Crippen molar-refractivity contribution in [1.82, 2.24) is 14.8 Å². The number of aromatic amines is 1. The van der Waals surface area contributed by atoms with Gasteiger partial charge in [0.1, 0.15) is 17.2 Å². The lowest BCUT2D eigenvalue weighted by atomic mass is 10.2. The van der Waals surface area contributed by atoms with Crippen LogP contribution in [-0.4, -0.2) is 21.1 Å². The van der Waals surface area contributed by atoms with E-state index in [2.05, 4.69) is 10.1 Å². The van der Waals surface area contributed by atoms with Crippen LogP contribution in [0.3, 0.4) is 0 Å². The zero-order valence-electron chi connectivity index (χ0n) is 12.9. The molecule has 25 heavy (non-hydrogen) atoms. The summed E-state index contributed by atoms with van der Waals surface area (Å²) in [6, 6.07) is 12.5. The molecular weight excluding hydrogens is 325 g/mol. The van der Waals surface area contributed by atoms with Crippen molar-refractivity contribution < 1.29 is 13.6 Å². The zero-order chi connectivity index (χ0) is 17.4. The van der Waals surface area contributed by atoms with Crippen LogP contribution in [-0.2, 0) is 6.54 Å². The number of hydrogen-bond donors (Lipinski definition) is 1. The molecule has 4 aromatic rings. The molecule has 0 spiro atoms. The van der Waals surface area contributed by atoms with E-state index >= 15 is 0 Å². The largest absolute Gasteiger partial charge is 0.452 e.